The van der Waals surface area contributed by atoms with Gasteiger partial charge in [-0.3, -0.25) is 9.59 Å². The quantitative estimate of drug-likeness (QED) is 0.389. The van der Waals surface area contributed by atoms with Crippen LogP contribution in [0.1, 0.15) is 26.7 Å². The van der Waals surface area contributed by atoms with E-state index in [0.717, 1.165) is 0 Å². The van der Waals surface area contributed by atoms with Crippen molar-refractivity contribution in [2.75, 3.05) is 14.2 Å². The molecule has 0 fully saturated rings. The molecule has 0 aromatic rings. The third kappa shape index (κ3) is 6.92. The van der Waals surface area contributed by atoms with E-state index in [0.29, 0.717) is 6.42 Å². The largest absolute Gasteiger partial charge is 0.469 e. The second kappa shape index (κ2) is 11.0. The molecule has 2 unspecified atom stereocenters. The molecule has 0 aliphatic carbocycles. The van der Waals surface area contributed by atoms with E-state index in [2.05, 4.69) is 0 Å². The Morgan fingerprint density at radius 2 is 1.75 bits per heavy atom. The highest BCUT2D eigenvalue weighted by molar-refractivity contribution is 5.76. The van der Waals surface area contributed by atoms with E-state index in [1.165, 1.54) is 14.2 Å². The maximum absolute atomic E-state index is 11.9. The summed E-state index contributed by atoms with van der Waals surface area (Å²) in [5.41, 5.74) is 0. The van der Waals surface area contributed by atoms with Gasteiger partial charge in [-0.15, -0.1) is 0 Å². The maximum Gasteiger partial charge on any atom is 0.312 e. The van der Waals surface area contributed by atoms with Crippen molar-refractivity contribution in [1.82, 2.24) is 0 Å². The van der Waals surface area contributed by atoms with Gasteiger partial charge >= 0.3 is 11.9 Å². The van der Waals surface area contributed by atoms with Crippen LogP contribution in [0.15, 0.2) is 36.5 Å². The van der Waals surface area contributed by atoms with E-state index in [-0.39, 0.29) is 24.3 Å². The molecule has 0 aliphatic rings. The van der Waals surface area contributed by atoms with Gasteiger partial charge in [0.2, 0.25) is 0 Å². The normalized spacial score (nSPS) is 14.8. The lowest BCUT2D eigenvalue weighted by atomic mass is 9.86. The van der Waals surface area contributed by atoms with Gasteiger partial charge in [0.05, 0.1) is 20.1 Å². The molecule has 0 aromatic heterocycles. The summed E-state index contributed by atoms with van der Waals surface area (Å²) in [4.78, 5) is 23.4. The van der Waals surface area contributed by atoms with Gasteiger partial charge in [0.25, 0.3) is 0 Å². The molecule has 0 spiro atoms. The monoisotopic (exact) mass is 280 g/mol. The first-order valence-corrected chi connectivity index (χ1v) is 6.65. The molecule has 0 N–H and O–H groups in total. The number of hydrogen-bond donors (Lipinski definition) is 0. The van der Waals surface area contributed by atoms with Crippen LogP contribution in [0.5, 0.6) is 0 Å². The summed E-state index contributed by atoms with van der Waals surface area (Å²) >= 11 is 0. The predicted octanol–water partition coefficient (Wildman–Crippen LogP) is 3.05. The van der Waals surface area contributed by atoms with Crippen LogP contribution in [-0.2, 0) is 19.1 Å². The summed E-state index contributed by atoms with van der Waals surface area (Å²) in [5, 5.41) is 0. The topological polar surface area (TPSA) is 52.6 Å². The van der Waals surface area contributed by atoms with Crippen LogP contribution in [0.3, 0.4) is 0 Å². The number of ether oxygens (including phenoxy) is 2. The Morgan fingerprint density at radius 1 is 1.05 bits per heavy atom. The van der Waals surface area contributed by atoms with E-state index >= 15 is 0 Å². The van der Waals surface area contributed by atoms with Crippen LogP contribution in [-0.4, -0.2) is 26.2 Å². The van der Waals surface area contributed by atoms with Gasteiger partial charge in [-0.05, 0) is 26.2 Å². The molecule has 0 aromatic carbocycles. The Kier molecular flexibility index (Phi) is 10.0. The molecule has 0 saturated heterocycles. The zero-order chi connectivity index (χ0) is 15.4. The van der Waals surface area contributed by atoms with Crippen molar-refractivity contribution < 1.29 is 19.1 Å². The predicted molar refractivity (Wildman–Crippen MR) is 79.0 cm³/mol. The van der Waals surface area contributed by atoms with Crippen molar-refractivity contribution in [3.63, 3.8) is 0 Å². The fraction of sp³-hybridized carbons (Fsp3) is 0.500. The van der Waals surface area contributed by atoms with E-state index in [1.54, 1.807) is 12.2 Å². The van der Waals surface area contributed by atoms with E-state index in [9.17, 15) is 9.59 Å². The summed E-state index contributed by atoms with van der Waals surface area (Å²) < 4.78 is 9.53. The van der Waals surface area contributed by atoms with Gasteiger partial charge in [0.1, 0.15) is 0 Å². The van der Waals surface area contributed by atoms with Crippen molar-refractivity contribution in [3.8, 4) is 0 Å². The second-order valence-corrected chi connectivity index (χ2v) is 4.30. The molecular formula is C16H24O4. The van der Waals surface area contributed by atoms with Crippen LogP contribution >= 0.6 is 0 Å². The van der Waals surface area contributed by atoms with E-state index < -0.39 is 5.92 Å². The maximum atomic E-state index is 11.9. The first-order valence-electron chi connectivity index (χ1n) is 6.65. The lowest BCUT2D eigenvalue weighted by molar-refractivity contribution is -0.147. The Hall–Kier alpha value is -1.84. The standard InChI is InChI=1S/C16H24O4/c1-5-7-9-11-14(16(18)20-4)13(10-8-6-2)12-15(17)19-3/h5-9,11,13-14H,10,12H2,1-4H3/b7-5+,8-6+,11-9+. The van der Waals surface area contributed by atoms with Crippen molar-refractivity contribution in [2.45, 2.75) is 26.7 Å². The fourth-order valence-corrected chi connectivity index (χ4v) is 1.82. The minimum absolute atomic E-state index is 0.174. The van der Waals surface area contributed by atoms with Gasteiger partial charge in [0.15, 0.2) is 0 Å². The van der Waals surface area contributed by atoms with Crippen LogP contribution in [0.4, 0.5) is 0 Å². The smallest absolute Gasteiger partial charge is 0.312 e. The zero-order valence-corrected chi connectivity index (χ0v) is 12.7. The van der Waals surface area contributed by atoms with E-state index in [4.69, 9.17) is 9.47 Å². The summed E-state index contributed by atoms with van der Waals surface area (Å²) in [6.07, 6.45) is 11.9. The van der Waals surface area contributed by atoms with Gasteiger partial charge in [0, 0.05) is 6.42 Å². The highest BCUT2D eigenvalue weighted by Crippen LogP contribution is 2.24. The minimum Gasteiger partial charge on any atom is -0.469 e. The van der Waals surface area contributed by atoms with Crippen LogP contribution < -0.4 is 0 Å². The molecule has 112 valence electrons. The van der Waals surface area contributed by atoms with Gasteiger partial charge in [-0.2, -0.15) is 0 Å². The number of methoxy groups -OCH3 is 2. The summed E-state index contributed by atoms with van der Waals surface area (Å²) in [7, 11) is 2.70. The first kappa shape index (κ1) is 18.2. The van der Waals surface area contributed by atoms with Crippen molar-refractivity contribution >= 4 is 11.9 Å². The number of allylic oxidation sites excluding steroid dienone is 5. The molecule has 0 aliphatic heterocycles. The SMILES string of the molecule is C/C=C/C=C/C(C(=O)OC)C(C/C=C/C)CC(=O)OC. The Balaban J connectivity index is 5.14. The molecule has 0 radical (unpaired) electrons. The van der Waals surface area contributed by atoms with Gasteiger partial charge in [-0.25, -0.2) is 0 Å². The lowest BCUT2D eigenvalue weighted by Gasteiger charge is -2.20. The molecule has 0 heterocycles. The molecule has 0 amide bonds. The van der Waals surface area contributed by atoms with Crippen molar-refractivity contribution in [2.24, 2.45) is 11.8 Å². The van der Waals surface area contributed by atoms with Gasteiger partial charge < -0.3 is 9.47 Å². The number of rotatable bonds is 8. The minimum atomic E-state index is -0.466. The number of carbonyl (C=O) groups is 2. The van der Waals surface area contributed by atoms with E-state index in [1.807, 2.05) is 38.2 Å². The molecule has 0 saturated carbocycles. The Labute approximate surface area is 121 Å². The molecule has 2 atom stereocenters. The molecule has 4 heteroatoms. The van der Waals surface area contributed by atoms with Crippen molar-refractivity contribution in [3.05, 3.63) is 36.5 Å². The average molecular weight is 280 g/mol. The summed E-state index contributed by atoms with van der Waals surface area (Å²) in [6, 6.07) is 0. The highest BCUT2D eigenvalue weighted by atomic mass is 16.5. The van der Waals surface area contributed by atoms with Gasteiger partial charge in [-0.1, -0.05) is 36.5 Å². The number of hydrogen-bond acceptors (Lipinski definition) is 4. The summed E-state index contributed by atoms with van der Waals surface area (Å²) in [5.74, 6) is -1.31. The molecule has 0 rings (SSSR count). The van der Waals surface area contributed by atoms with Crippen molar-refractivity contribution in [1.29, 1.82) is 0 Å². The third-order valence-electron chi connectivity index (χ3n) is 2.93. The third-order valence-corrected chi connectivity index (χ3v) is 2.93. The van der Waals surface area contributed by atoms with Crippen LogP contribution in [0, 0.1) is 11.8 Å². The Bertz CT molecular complexity index is 380. The average Bonchev–Trinajstić information content (AvgIpc) is 2.47. The fourth-order valence-electron chi connectivity index (χ4n) is 1.82. The summed E-state index contributed by atoms with van der Waals surface area (Å²) in [6.45, 7) is 3.79. The molecule has 0 bridgehead atoms. The molecular weight excluding hydrogens is 256 g/mol. The molecule has 20 heavy (non-hydrogen) atoms. The number of carbonyl (C=O) groups excluding carboxylic acids is 2. The highest BCUT2D eigenvalue weighted by Gasteiger charge is 2.28. The second-order valence-electron chi connectivity index (χ2n) is 4.30. The Morgan fingerprint density at radius 3 is 2.25 bits per heavy atom. The first-order chi connectivity index (χ1) is 9.60. The molecule has 4 nitrogen and oxygen atoms in total. The van der Waals surface area contributed by atoms with Crippen LogP contribution in [0.25, 0.3) is 0 Å². The van der Waals surface area contributed by atoms with Crippen LogP contribution in [0.2, 0.25) is 0 Å². The number of esters is 2. The zero-order valence-electron chi connectivity index (χ0n) is 12.7. The lowest BCUT2D eigenvalue weighted by Crippen LogP contribution is -2.25.